The molecule has 2 unspecified atom stereocenters. The molecule has 0 spiro atoms. The topological polar surface area (TPSA) is 64.6 Å². The largest absolute Gasteiger partial charge is 0.457 e. The zero-order valence-electron chi connectivity index (χ0n) is 9.78. The van der Waals surface area contributed by atoms with Gasteiger partial charge in [0.15, 0.2) is 0 Å². The van der Waals surface area contributed by atoms with Gasteiger partial charge in [-0.15, -0.1) is 0 Å². The van der Waals surface area contributed by atoms with Crippen molar-refractivity contribution in [2.45, 2.75) is 44.9 Å². The monoisotopic (exact) mass is 227 g/mol. The number of hydrogen-bond donors (Lipinski definition) is 1. The van der Waals surface area contributed by atoms with Gasteiger partial charge in [-0.25, -0.2) is 9.59 Å². The second kappa shape index (κ2) is 4.55. The minimum atomic E-state index is -0.522. The second-order valence-corrected chi connectivity index (χ2v) is 4.67. The fourth-order valence-electron chi connectivity index (χ4n) is 1.11. The van der Waals surface area contributed by atoms with Crippen LogP contribution in [0.3, 0.4) is 0 Å². The zero-order valence-corrected chi connectivity index (χ0v) is 9.78. The first-order chi connectivity index (χ1) is 7.31. The van der Waals surface area contributed by atoms with Crippen LogP contribution in [-0.2, 0) is 14.3 Å². The van der Waals surface area contributed by atoms with E-state index in [1.807, 2.05) is 0 Å². The third-order valence-corrected chi connectivity index (χ3v) is 1.87. The summed E-state index contributed by atoms with van der Waals surface area (Å²) in [7, 11) is 0. The van der Waals surface area contributed by atoms with Gasteiger partial charge in [0.25, 0.3) is 0 Å². The van der Waals surface area contributed by atoms with Crippen molar-refractivity contribution in [3.8, 4) is 0 Å². The molecule has 1 saturated carbocycles. The predicted molar refractivity (Wildman–Crippen MR) is 57.9 cm³/mol. The average molecular weight is 227 g/mol. The van der Waals surface area contributed by atoms with Crippen LogP contribution in [0.2, 0.25) is 0 Å². The number of amides is 1. The van der Waals surface area contributed by atoms with Crippen molar-refractivity contribution in [1.29, 1.82) is 0 Å². The van der Waals surface area contributed by atoms with Gasteiger partial charge in [0, 0.05) is 12.5 Å². The number of ether oxygens (including phenoxy) is 2. The third-order valence-electron chi connectivity index (χ3n) is 1.87. The first kappa shape index (κ1) is 12.5. The summed E-state index contributed by atoms with van der Waals surface area (Å²) in [5.74, 6) is -0.474. The zero-order chi connectivity index (χ0) is 12.3. The molecule has 0 aromatic rings. The Morgan fingerprint density at radius 2 is 2.06 bits per heavy atom. The van der Waals surface area contributed by atoms with Crippen molar-refractivity contribution in [1.82, 2.24) is 5.32 Å². The first-order valence-corrected chi connectivity index (χ1v) is 5.14. The van der Waals surface area contributed by atoms with Crippen LogP contribution >= 0.6 is 0 Å². The molecule has 1 fully saturated rings. The lowest BCUT2D eigenvalue weighted by molar-refractivity contribution is -0.139. The van der Waals surface area contributed by atoms with Crippen LogP contribution in [-0.4, -0.2) is 29.8 Å². The van der Waals surface area contributed by atoms with Crippen molar-refractivity contribution < 1.29 is 19.1 Å². The summed E-state index contributed by atoms with van der Waals surface area (Å²) in [5, 5.41) is 2.62. The van der Waals surface area contributed by atoms with Crippen molar-refractivity contribution >= 4 is 12.1 Å². The summed E-state index contributed by atoms with van der Waals surface area (Å²) >= 11 is 0. The maximum atomic E-state index is 11.3. The normalized spacial score (nSPS) is 23.2. The second-order valence-electron chi connectivity index (χ2n) is 4.67. The molecule has 1 N–H and O–H groups in total. The molecule has 1 aliphatic rings. The number of hydrogen-bond acceptors (Lipinski definition) is 4. The van der Waals surface area contributed by atoms with Crippen LogP contribution in [0.15, 0.2) is 12.7 Å². The average Bonchev–Trinajstić information content (AvgIpc) is 2.79. The fraction of sp³-hybridized carbons (Fsp3) is 0.636. The molecule has 1 aliphatic carbocycles. The number of carbonyl (C=O) groups excluding carboxylic acids is 2. The molecule has 0 aromatic heterocycles. The van der Waals surface area contributed by atoms with Crippen LogP contribution in [0.5, 0.6) is 0 Å². The van der Waals surface area contributed by atoms with Crippen LogP contribution < -0.4 is 5.32 Å². The van der Waals surface area contributed by atoms with Crippen molar-refractivity contribution in [3.05, 3.63) is 12.7 Å². The fourth-order valence-corrected chi connectivity index (χ4v) is 1.11. The molecule has 16 heavy (non-hydrogen) atoms. The van der Waals surface area contributed by atoms with Crippen molar-refractivity contribution in [3.63, 3.8) is 0 Å². The molecule has 0 heterocycles. The van der Waals surface area contributed by atoms with Gasteiger partial charge in [-0.05, 0) is 20.8 Å². The molecule has 90 valence electrons. The van der Waals surface area contributed by atoms with Crippen LogP contribution in [0, 0.1) is 0 Å². The van der Waals surface area contributed by atoms with E-state index in [2.05, 4.69) is 11.9 Å². The molecule has 0 aromatic carbocycles. The molecule has 0 radical (unpaired) electrons. The van der Waals surface area contributed by atoms with Gasteiger partial charge in [0.1, 0.15) is 11.7 Å². The lowest BCUT2D eigenvalue weighted by Gasteiger charge is -2.19. The number of rotatable bonds is 3. The smallest absolute Gasteiger partial charge is 0.408 e. The molecule has 2 atom stereocenters. The SMILES string of the molecule is C=CC(=O)OC1CC1NC(=O)OC(C)(C)C. The summed E-state index contributed by atoms with van der Waals surface area (Å²) in [6, 6.07) is -0.140. The van der Waals surface area contributed by atoms with E-state index in [0.717, 1.165) is 6.08 Å². The van der Waals surface area contributed by atoms with E-state index in [0.29, 0.717) is 6.42 Å². The van der Waals surface area contributed by atoms with Gasteiger partial charge in [-0.3, -0.25) is 0 Å². The van der Waals surface area contributed by atoms with E-state index in [9.17, 15) is 9.59 Å². The van der Waals surface area contributed by atoms with Gasteiger partial charge in [0.05, 0.1) is 6.04 Å². The highest BCUT2D eigenvalue weighted by Gasteiger charge is 2.42. The molecule has 0 saturated heterocycles. The standard InChI is InChI=1S/C11H17NO4/c1-5-9(13)15-8-6-7(8)12-10(14)16-11(2,3)4/h5,7-8H,1,6H2,2-4H3,(H,12,14). The van der Waals surface area contributed by atoms with E-state index >= 15 is 0 Å². The van der Waals surface area contributed by atoms with E-state index in [1.54, 1.807) is 20.8 Å². The van der Waals surface area contributed by atoms with Gasteiger partial charge in [0.2, 0.25) is 0 Å². The molecular formula is C11H17NO4. The van der Waals surface area contributed by atoms with E-state index in [1.165, 1.54) is 0 Å². The Morgan fingerprint density at radius 3 is 2.56 bits per heavy atom. The summed E-state index contributed by atoms with van der Waals surface area (Å²) in [4.78, 5) is 22.2. The number of carbonyl (C=O) groups is 2. The number of alkyl carbamates (subject to hydrolysis) is 1. The summed E-state index contributed by atoms with van der Waals surface area (Å²) in [6.07, 6.45) is 0.981. The highest BCUT2D eigenvalue weighted by Crippen LogP contribution is 2.25. The Balaban J connectivity index is 2.24. The van der Waals surface area contributed by atoms with E-state index in [4.69, 9.17) is 9.47 Å². The Hall–Kier alpha value is -1.52. The Labute approximate surface area is 94.8 Å². The van der Waals surface area contributed by atoms with E-state index < -0.39 is 17.7 Å². The lowest BCUT2D eigenvalue weighted by Crippen LogP contribution is -2.35. The predicted octanol–water partition coefficient (Wildman–Crippen LogP) is 1.38. The molecule has 1 amide bonds. The van der Waals surface area contributed by atoms with Crippen LogP contribution in [0.1, 0.15) is 27.2 Å². The van der Waals surface area contributed by atoms with Gasteiger partial charge < -0.3 is 14.8 Å². The maximum absolute atomic E-state index is 11.3. The van der Waals surface area contributed by atoms with Crippen molar-refractivity contribution in [2.24, 2.45) is 0 Å². The summed E-state index contributed by atoms with van der Waals surface area (Å²) < 4.78 is 9.98. The minimum Gasteiger partial charge on any atom is -0.457 e. The highest BCUT2D eigenvalue weighted by atomic mass is 16.6. The summed E-state index contributed by atoms with van der Waals surface area (Å²) in [6.45, 7) is 8.65. The minimum absolute atomic E-state index is 0.140. The first-order valence-electron chi connectivity index (χ1n) is 5.14. The van der Waals surface area contributed by atoms with Crippen LogP contribution in [0.4, 0.5) is 4.79 Å². The molecule has 5 nitrogen and oxygen atoms in total. The molecule has 1 rings (SSSR count). The molecule has 0 bridgehead atoms. The Kier molecular flexibility index (Phi) is 3.57. The van der Waals surface area contributed by atoms with Gasteiger partial charge >= 0.3 is 12.1 Å². The third kappa shape index (κ3) is 4.33. The lowest BCUT2D eigenvalue weighted by atomic mass is 10.2. The quantitative estimate of drug-likeness (QED) is 0.584. The van der Waals surface area contributed by atoms with Crippen LogP contribution in [0.25, 0.3) is 0 Å². The molecular weight excluding hydrogens is 210 g/mol. The van der Waals surface area contributed by atoms with Crippen molar-refractivity contribution in [2.75, 3.05) is 0 Å². The van der Waals surface area contributed by atoms with Gasteiger partial charge in [-0.1, -0.05) is 6.58 Å². The number of esters is 1. The Bertz CT molecular complexity index is 306. The molecule has 5 heteroatoms. The maximum Gasteiger partial charge on any atom is 0.408 e. The summed E-state index contributed by atoms with van der Waals surface area (Å²) in [5.41, 5.74) is -0.522. The Morgan fingerprint density at radius 1 is 1.44 bits per heavy atom. The molecule has 0 aliphatic heterocycles. The highest BCUT2D eigenvalue weighted by molar-refractivity contribution is 5.81. The van der Waals surface area contributed by atoms with E-state index in [-0.39, 0.29) is 12.1 Å². The van der Waals surface area contributed by atoms with Gasteiger partial charge in [-0.2, -0.15) is 0 Å². The number of nitrogens with one attached hydrogen (secondary N) is 1.